The summed E-state index contributed by atoms with van der Waals surface area (Å²) in [4.78, 5) is 16.2. The quantitative estimate of drug-likeness (QED) is 0.597. The normalized spacial score (nSPS) is 16.0. The third-order valence-electron chi connectivity index (χ3n) is 3.68. The fraction of sp³-hybridized carbons (Fsp3) is 0.562. The van der Waals surface area contributed by atoms with Gasteiger partial charge < -0.3 is 9.64 Å². The molecule has 1 fully saturated rings. The van der Waals surface area contributed by atoms with Gasteiger partial charge in [0.2, 0.25) is 0 Å². The Bertz CT molecular complexity index is 442. The first kappa shape index (κ1) is 16.1. The van der Waals surface area contributed by atoms with Gasteiger partial charge in [-0.25, -0.2) is 0 Å². The Kier molecular flexibility index (Phi) is 6.33. The zero-order valence-electron chi connectivity index (χ0n) is 12.6. The van der Waals surface area contributed by atoms with E-state index in [0.717, 1.165) is 44.0 Å². The van der Waals surface area contributed by atoms with Crippen LogP contribution in [0.15, 0.2) is 24.3 Å². The van der Waals surface area contributed by atoms with Gasteiger partial charge in [-0.2, -0.15) is 0 Å². The summed E-state index contributed by atoms with van der Waals surface area (Å²) >= 11 is 5.91. The van der Waals surface area contributed by atoms with Crippen LogP contribution in [0.4, 0.5) is 5.69 Å². The maximum Gasteiger partial charge on any atom is 0.320 e. The lowest BCUT2D eigenvalue weighted by Crippen LogP contribution is -2.48. The van der Waals surface area contributed by atoms with Crippen LogP contribution in [0.1, 0.15) is 19.8 Å². The van der Waals surface area contributed by atoms with Crippen LogP contribution in [0.2, 0.25) is 5.02 Å². The van der Waals surface area contributed by atoms with E-state index in [9.17, 15) is 4.79 Å². The second-order valence-electron chi connectivity index (χ2n) is 5.31. The Hall–Kier alpha value is -1.26. The van der Waals surface area contributed by atoms with Crippen molar-refractivity contribution in [2.24, 2.45) is 0 Å². The number of carbonyl (C=O) groups is 1. The molecule has 21 heavy (non-hydrogen) atoms. The van der Waals surface area contributed by atoms with Crippen LogP contribution >= 0.6 is 11.6 Å². The molecule has 0 amide bonds. The Morgan fingerprint density at radius 3 is 2.48 bits per heavy atom. The van der Waals surface area contributed by atoms with Crippen molar-refractivity contribution in [1.29, 1.82) is 0 Å². The van der Waals surface area contributed by atoms with Crippen molar-refractivity contribution in [3.8, 4) is 0 Å². The summed E-state index contributed by atoms with van der Waals surface area (Å²) < 4.78 is 5.20. The minimum absolute atomic E-state index is 0.108. The molecule has 1 heterocycles. The van der Waals surface area contributed by atoms with E-state index in [1.165, 1.54) is 5.69 Å². The summed E-state index contributed by atoms with van der Waals surface area (Å²) in [5.74, 6) is -0.108. The Labute approximate surface area is 131 Å². The van der Waals surface area contributed by atoms with Crippen molar-refractivity contribution in [1.82, 2.24) is 4.90 Å². The molecule has 4 nitrogen and oxygen atoms in total. The number of rotatable bonds is 6. The summed E-state index contributed by atoms with van der Waals surface area (Å²) in [5.41, 5.74) is 1.18. The van der Waals surface area contributed by atoms with Gasteiger partial charge in [-0.05, 0) is 30.7 Å². The molecule has 116 valence electrons. The van der Waals surface area contributed by atoms with Gasteiger partial charge >= 0.3 is 5.97 Å². The highest BCUT2D eigenvalue weighted by Crippen LogP contribution is 2.19. The van der Waals surface area contributed by atoms with E-state index in [2.05, 4.69) is 16.7 Å². The molecule has 0 N–H and O–H groups in total. The van der Waals surface area contributed by atoms with Gasteiger partial charge in [0.1, 0.15) is 0 Å². The zero-order valence-corrected chi connectivity index (χ0v) is 13.3. The van der Waals surface area contributed by atoms with Gasteiger partial charge in [-0.15, -0.1) is 0 Å². The summed E-state index contributed by atoms with van der Waals surface area (Å²) in [7, 11) is 0. The van der Waals surface area contributed by atoms with Crippen LogP contribution in [-0.4, -0.2) is 50.2 Å². The minimum Gasteiger partial charge on any atom is -0.465 e. The van der Waals surface area contributed by atoms with Gasteiger partial charge in [0.25, 0.3) is 0 Å². The first-order valence-corrected chi connectivity index (χ1v) is 7.95. The largest absolute Gasteiger partial charge is 0.465 e. The molecular weight excluding hydrogens is 288 g/mol. The number of carbonyl (C=O) groups excluding carboxylic acids is 1. The van der Waals surface area contributed by atoms with Crippen LogP contribution in [0.5, 0.6) is 0 Å². The second kappa shape index (κ2) is 8.25. The predicted molar refractivity (Wildman–Crippen MR) is 86.0 cm³/mol. The average Bonchev–Trinajstić information content (AvgIpc) is 2.49. The number of hydrogen-bond acceptors (Lipinski definition) is 4. The number of esters is 1. The average molecular weight is 311 g/mol. The van der Waals surface area contributed by atoms with E-state index in [1.807, 2.05) is 24.3 Å². The van der Waals surface area contributed by atoms with Crippen molar-refractivity contribution in [3.63, 3.8) is 0 Å². The highest BCUT2D eigenvalue weighted by molar-refractivity contribution is 6.30. The number of ether oxygens (including phenoxy) is 1. The van der Waals surface area contributed by atoms with Crippen molar-refractivity contribution in [2.75, 3.05) is 44.2 Å². The third-order valence-corrected chi connectivity index (χ3v) is 3.93. The maximum absolute atomic E-state index is 11.7. The first-order valence-electron chi connectivity index (χ1n) is 7.57. The number of benzene rings is 1. The lowest BCUT2D eigenvalue weighted by molar-refractivity contribution is -0.145. The highest BCUT2D eigenvalue weighted by atomic mass is 35.5. The molecule has 1 aromatic carbocycles. The molecule has 0 spiro atoms. The van der Waals surface area contributed by atoms with Crippen molar-refractivity contribution < 1.29 is 9.53 Å². The monoisotopic (exact) mass is 310 g/mol. The lowest BCUT2D eigenvalue weighted by Gasteiger charge is -2.35. The number of unbranched alkanes of at least 4 members (excludes halogenated alkanes) is 1. The number of anilines is 1. The van der Waals surface area contributed by atoms with Gasteiger partial charge in [-0.3, -0.25) is 9.69 Å². The molecule has 0 unspecified atom stereocenters. The molecule has 0 aromatic heterocycles. The van der Waals surface area contributed by atoms with E-state index >= 15 is 0 Å². The van der Waals surface area contributed by atoms with Gasteiger partial charge in [-0.1, -0.05) is 24.9 Å². The van der Waals surface area contributed by atoms with Crippen LogP contribution < -0.4 is 4.90 Å². The van der Waals surface area contributed by atoms with E-state index in [-0.39, 0.29) is 5.97 Å². The van der Waals surface area contributed by atoms with Gasteiger partial charge in [0.15, 0.2) is 0 Å². The van der Waals surface area contributed by atoms with Crippen molar-refractivity contribution in [2.45, 2.75) is 19.8 Å². The molecule has 0 saturated carbocycles. The van der Waals surface area contributed by atoms with E-state index in [1.54, 1.807) is 0 Å². The molecule has 5 heteroatoms. The molecule has 0 bridgehead atoms. The summed E-state index contributed by atoms with van der Waals surface area (Å²) in [6, 6.07) is 7.90. The van der Waals surface area contributed by atoms with E-state index < -0.39 is 0 Å². The molecule has 0 radical (unpaired) electrons. The summed E-state index contributed by atoms with van der Waals surface area (Å²) in [5, 5.41) is 0.757. The number of halogens is 1. The summed E-state index contributed by atoms with van der Waals surface area (Å²) in [6.07, 6.45) is 1.99. The maximum atomic E-state index is 11.7. The van der Waals surface area contributed by atoms with Crippen LogP contribution in [0.25, 0.3) is 0 Å². The van der Waals surface area contributed by atoms with Crippen LogP contribution in [0, 0.1) is 0 Å². The van der Waals surface area contributed by atoms with E-state index in [0.29, 0.717) is 13.2 Å². The smallest absolute Gasteiger partial charge is 0.320 e. The second-order valence-corrected chi connectivity index (χ2v) is 5.75. The number of nitrogens with zero attached hydrogens (tertiary/aromatic N) is 2. The molecule has 0 atom stereocenters. The van der Waals surface area contributed by atoms with Crippen LogP contribution in [-0.2, 0) is 9.53 Å². The van der Waals surface area contributed by atoms with Gasteiger partial charge in [0.05, 0.1) is 13.2 Å². The Morgan fingerprint density at radius 2 is 1.86 bits per heavy atom. The highest BCUT2D eigenvalue weighted by Gasteiger charge is 2.19. The van der Waals surface area contributed by atoms with Crippen molar-refractivity contribution >= 4 is 23.3 Å². The predicted octanol–water partition coefficient (Wildman–Crippen LogP) is 2.81. The van der Waals surface area contributed by atoms with Crippen LogP contribution in [0.3, 0.4) is 0 Å². The fourth-order valence-corrected chi connectivity index (χ4v) is 2.50. The molecule has 2 rings (SSSR count). The molecule has 0 aliphatic carbocycles. The first-order chi connectivity index (χ1) is 10.2. The zero-order chi connectivity index (χ0) is 15.1. The SMILES string of the molecule is CCCCOC(=O)CN1CCN(c2ccc(Cl)cc2)CC1. The standard InChI is InChI=1S/C16H23ClN2O2/c1-2-3-12-21-16(20)13-18-8-10-19(11-9-18)15-6-4-14(17)5-7-15/h4-7H,2-3,8-13H2,1H3. The van der Waals surface area contributed by atoms with E-state index in [4.69, 9.17) is 16.3 Å². The summed E-state index contributed by atoms with van der Waals surface area (Å²) in [6.45, 7) is 6.63. The molecule has 1 aromatic rings. The minimum atomic E-state index is -0.108. The Morgan fingerprint density at radius 1 is 1.19 bits per heavy atom. The lowest BCUT2D eigenvalue weighted by atomic mass is 10.2. The molecule has 1 saturated heterocycles. The Balaban J connectivity index is 1.73. The van der Waals surface area contributed by atoms with Crippen molar-refractivity contribution in [3.05, 3.63) is 29.3 Å². The topological polar surface area (TPSA) is 32.8 Å². The molecule has 1 aliphatic rings. The fourth-order valence-electron chi connectivity index (χ4n) is 2.37. The molecule has 1 aliphatic heterocycles. The van der Waals surface area contributed by atoms with Gasteiger partial charge in [0, 0.05) is 36.9 Å². The number of piperazine rings is 1. The molecular formula is C16H23ClN2O2. The third kappa shape index (κ3) is 5.21. The number of hydrogen-bond donors (Lipinski definition) is 0.